The number of hydrogen-bond donors (Lipinski definition) is 1. The third-order valence-electron chi connectivity index (χ3n) is 4.87. The number of sulfonamides is 1. The maximum atomic E-state index is 12.5. The van der Waals surface area contributed by atoms with Gasteiger partial charge in [0, 0.05) is 26.8 Å². The summed E-state index contributed by atoms with van der Waals surface area (Å²) in [4.78, 5) is 49.3. The van der Waals surface area contributed by atoms with Gasteiger partial charge in [0.1, 0.15) is 10.6 Å². The Labute approximate surface area is 189 Å². The first-order chi connectivity index (χ1) is 15.5. The Morgan fingerprint density at radius 3 is 2.33 bits per heavy atom. The number of amides is 3. The number of carbonyl (C=O) groups is 4. The molecular formula is C21H21N3O8S. The normalized spacial score (nSPS) is 13.2. The first kappa shape index (κ1) is 23.9. The maximum Gasteiger partial charge on any atom is 0.338 e. The molecule has 0 saturated heterocycles. The maximum absolute atomic E-state index is 12.5. The van der Waals surface area contributed by atoms with Gasteiger partial charge < -0.3 is 14.8 Å². The second kappa shape index (κ2) is 9.00. The number of esters is 1. The van der Waals surface area contributed by atoms with Crippen LogP contribution in [0.4, 0.5) is 5.69 Å². The molecule has 0 aromatic heterocycles. The molecule has 0 radical (unpaired) electrons. The predicted octanol–water partition coefficient (Wildman–Crippen LogP) is 0.967. The molecule has 0 fully saturated rings. The van der Waals surface area contributed by atoms with E-state index in [0.29, 0.717) is 0 Å². The Morgan fingerprint density at radius 2 is 1.70 bits per heavy atom. The lowest BCUT2D eigenvalue weighted by atomic mass is 10.1. The van der Waals surface area contributed by atoms with Crippen LogP contribution in [0.1, 0.15) is 31.1 Å². The third-order valence-corrected chi connectivity index (χ3v) is 6.70. The van der Waals surface area contributed by atoms with Crippen molar-refractivity contribution in [2.24, 2.45) is 0 Å². The van der Waals surface area contributed by atoms with Gasteiger partial charge in [-0.2, -0.15) is 0 Å². The number of fused-ring (bicyclic) bond motifs is 1. The van der Waals surface area contributed by atoms with Crippen molar-refractivity contribution in [1.82, 2.24) is 9.21 Å². The van der Waals surface area contributed by atoms with Crippen molar-refractivity contribution < 1.29 is 37.1 Å². The first-order valence-corrected chi connectivity index (χ1v) is 11.0. The Bertz CT molecular complexity index is 1270. The van der Waals surface area contributed by atoms with Gasteiger partial charge in [-0.15, -0.1) is 0 Å². The molecule has 11 nitrogen and oxygen atoms in total. The van der Waals surface area contributed by atoms with Crippen molar-refractivity contribution in [3.05, 3.63) is 53.1 Å². The number of rotatable bonds is 7. The highest BCUT2D eigenvalue weighted by molar-refractivity contribution is 7.89. The average molecular weight is 475 g/mol. The van der Waals surface area contributed by atoms with Crippen LogP contribution in [0.15, 0.2) is 41.3 Å². The smallest absolute Gasteiger partial charge is 0.338 e. The molecule has 3 amide bonds. The van der Waals surface area contributed by atoms with Crippen LogP contribution >= 0.6 is 0 Å². The van der Waals surface area contributed by atoms with Crippen molar-refractivity contribution in [1.29, 1.82) is 0 Å². The van der Waals surface area contributed by atoms with Crippen LogP contribution in [0.2, 0.25) is 0 Å². The topological polar surface area (TPSA) is 139 Å². The molecule has 1 N–H and O–H groups in total. The fourth-order valence-corrected chi connectivity index (χ4v) is 4.13. The summed E-state index contributed by atoms with van der Waals surface area (Å²) in [7, 11) is 1.43. The van der Waals surface area contributed by atoms with E-state index in [2.05, 4.69) is 5.32 Å². The molecule has 2 aromatic carbocycles. The standard InChI is InChI=1S/C21H21N3O8S/c1-23(2)33(29,30)17-9-12(5-8-16(17)31-4)21(28)32-11-18(25)22-13-6-7-14-15(10-13)20(27)24(3)19(14)26/h5-10H,11H2,1-4H3,(H,22,25). The van der Waals surface area contributed by atoms with Crippen LogP contribution in [-0.2, 0) is 19.6 Å². The number of nitrogens with zero attached hydrogens (tertiary/aromatic N) is 2. The van der Waals surface area contributed by atoms with Crippen LogP contribution in [0, 0.1) is 0 Å². The molecule has 12 heteroatoms. The summed E-state index contributed by atoms with van der Waals surface area (Å²) in [5, 5.41) is 2.48. The van der Waals surface area contributed by atoms with Crippen molar-refractivity contribution >= 4 is 39.4 Å². The highest BCUT2D eigenvalue weighted by Gasteiger charge is 2.32. The summed E-state index contributed by atoms with van der Waals surface area (Å²) < 4.78 is 36.0. The zero-order valence-corrected chi connectivity index (χ0v) is 19.1. The second-order valence-electron chi connectivity index (χ2n) is 7.21. The Hall–Kier alpha value is -3.77. The average Bonchev–Trinajstić information content (AvgIpc) is 3.00. The molecule has 33 heavy (non-hydrogen) atoms. The van der Waals surface area contributed by atoms with Crippen molar-refractivity contribution in [2.75, 3.05) is 40.2 Å². The monoisotopic (exact) mass is 475 g/mol. The molecule has 0 atom stereocenters. The van der Waals surface area contributed by atoms with E-state index in [4.69, 9.17) is 9.47 Å². The first-order valence-electron chi connectivity index (χ1n) is 9.51. The fourth-order valence-electron chi connectivity index (χ4n) is 3.05. The summed E-state index contributed by atoms with van der Waals surface area (Å²) in [6, 6.07) is 7.96. The Morgan fingerprint density at radius 1 is 1.03 bits per heavy atom. The highest BCUT2D eigenvalue weighted by Crippen LogP contribution is 2.27. The summed E-state index contributed by atoms with van der Waals surface area (Å²) in [5.74, 6) is -2.48. The molecule has 0 aliphatic carbocycles. The zero-order chi connectivity index (χ0) is 24.5. The van der Waals surface area contributed by atoms with Gasteiger partial charge in [0.25, 0.3) is 17.7 Å². The van der Waals surface area contributed by atoms with Crippen LogP contribution < -0.4 is 10.1 Å². The van der Waals surface area contributed by atoms with Gasteiger partial charge in [0.2, 0.25) is 10.0 Å². The largest absolute Gasteiger partial charge is 0.495 e. The number of methoxy groups -OCH3 is 1. The van der Waals surface area contributed by atoms with E-state index < -0.39 is 40.3 Å². The number of ether oxygens (including phenoxy) is 2. The van der Waals surface area contributed by atoms with Gasteiger partial charge >= 0.3 is 5.97 Å². The molecule has 2 aromatic rings. The fraction of sp³-hybridized carbons (Fsp3) is 0.238. The van der Waals surface area contributed by atoms with Crippen molar-refractivity contribution in [3.63, 3.8) is 0 Å². The van der Waals surface area contributed by atoms with Gasteiger partial charge in [-0.05, 0) is 36.4 Å². The number of imide groups is 1. The third kappa shape index (κ3) is 4.56. The summed E-state index contributed by atoms with van der Waals surface area (Å²) in [5.41, 5.74) is 0.545. The number of nitrogens with one attached hydrogen (secondary N) is 1. The lowest BCUT2D eigenvalue weighted by Crippen LogP contribution is -2.24. The molecule has 1 aliphatic rings. The molecule has 0 spiro atoms. The lowest BCUT2D eigenvalue weighted by molar-refractivity contribution is -0.119. The molecule has 0 bridgehead atoms. The molecule has 3 rings (SSSR count). The van der Waals surface area contributed by atoms with Gasteiger partial charge in [0.05, 0.1) is 23.8 Å². The molecule has 1 aliphatic heterocycles. The van der Waals surface area contributed by atoms with Crippen molar-refractivity contribution in [2.45, 2.75) is 4.90 Å². The number of carbonyl (C=O) groups excluding carboxylic acids is 4. The minimum atomic E-state index is -3.90. The molecule has 1 heterocycles. The summed E-state index contributed by atoms with van der Waals surface area (Å²) >= 11 is 0. The molecular weight excluding hydrogens is 454 g/mol. The molecule has 0 saturated carbocycles. The van der Waals surface area contributed by atoms with Crippen molar-refractivity contribution in [3.8, 4) is 5.75 Å². The SMILES string of the molecule is COc1ccc(C(=O)OCC(=O)Nc2ccc3c(c2)C(=O)N(C)C3=O)cc1S(=O)(=O)N(C)C. The predicted molar refractivity (Wildman–Crippen MR) is 116 cm³/mol. The second-order valence-corrected chi connectivity index (χ2v) is 9.33. The quantitative estimate of drug-likeness (QED) is 0.462. The van der Waals surface area contributed by atoms with Crippen LogP contribution in [0.3, 0.4) is 0 Å². The molecule has 0 unspecified atom stereocenters. The van der Waals surface area contributed by atoms with E-state index in [1.807, 2.05) is 0 Å². The minimum Gasteiger partial charge on any atom is -0.495 e. The van der Waals surface area contributed by atoms with E-state index >= 15 is 0 Å². The van der Waals surface area contributed by atoms with Gasteiger partial charge in [-0.25, -0.2) is 17.5 Å². The molecule has 174 valence electrons. The van der Waals surface area contributed by atoms with E-state index in [0.717, 1.165) is 15.3 Å². The van der Waals surface area contributed by atoms with Crippen LogP contribution in [0.25, 0.3) is 0 Å². The van der Waals surface area contributed by atoms with E-state index in [1.165, 1.54) is 58.6 Å². The summed E-state index contributed by atoms with van der Waals surface area (Å²) in [6.45, 7) is -0.662. The minimum absolute atomic E-state index is 0.0493. The number of hydrogen-bond acceptors (Lipinski definition) is 8. The number of benzene rings is 2. The zero-order valence-electron chi connectivity index (χ0n) is 18.2. The van der Waals surface area contributed by atoms with Crippen LogP contribution in [-0.4, -0.2) is 76.2 Å². The van der Waals surface area contributed by atoms with E-state index in [1.54, 1.807) is 0 Å². The Kier molecular flexibility index (Phi) is 6.51. The highest BCUT2D eigenvalue weighted by atomic mass is 32.2. The van der Waals surface area contributed by atoms with Gasteiger partial charge in [0.15, 0.2) is 6.61 Å². The van der Waals surface area contributed by atoms with E-state index in [9.17, 15) is 27.6 Å². The van der Waals surface area contributed by atoms with Gasteiger partial charge in [-0.3, -0.25) is 19.3 Å². The lowest BCUT2D eigenvalue weighted by Gasteiger charge is -2.15. The van der Waals surface area contributed by atoms with Crippen LogP contribution in [0.5, 0.6) is 5.75 Å². The number of anilines is 1. The summed E-state index contributed by atoms with van der Waals surface area (Å²) in [6.07, 6.45) is 0. The van der Waals surface area contributed by atoms with E-state index in [-0.39, 0.29) is 33.0 Å². The van der Waals surface area contributed by atoms with Gasteiger partial charge in [-0.1, -0.05) is 0 Å². The Balaban J connectivity index is 1.69.